The van der Waals surface area contributed by atoms with E-state index in [0.717, 1.165) is 16.9 Å². The number of rotatable bonds is 7. The maximum Gasteiger partial charge on any atom is 0.226 e. The minimum atomic E-state index is -0.0801. The van der Waals surface area contributed by atoms with Crippen LogP contribution in [-0.4, -0.2) is 27.2 Å². The SMILES string of the molecule is Cc1oc(-c2ccccc2)nc1CC(=O)NCCc1ccn(-c2ccccc2)n1. The Kier molecular flexibility index (Phi) is 5.52. The lowest BCUT2D eigenvalue weighted by atomic mass is 10.2. The first-order valence-corrected chi connectivity index (χ1v) is 9.57. The molecule has 0 radical (unpaired) electrons. The molecule has 0 atom stereocenters. The molecule has 6 nitrogen and oxygen atoms in total. The highest BCUT2D eigenvalue weighted by atomic mass is 16.4. The number of hydrogen-bond acceptors (Lipinski definition) is 4. The Bertz CT molecular complexity index is 1080. The summed E-state index contributed by atoms with van der Waals surface area (Å²) in [5, 5.41) is 7.49. The van der Waals surface area contributed by atoms with Crippen LogP contribution in [0.15, 0.2) is 77.3 Å². The maximum absolute atomic E-state index is 12.3. The van der Waals surface area contributed by atoms with Crippen molar-refractivity contribution in [2.75, 3.05) is 6.54 Å². The predicted octanol–water partition coefficient (Wildman–Crippen LogP) is 3.74. The van der Waals surface area contributed by atoms with Crippen molar-refractivity contribution >= 4 is 5.91 Å². The molecule has 6 heteroatoms. The van der Waals surface area contributed by atoms with Gasteiger partial charge in [-0.3, -0.25) is 4.79 Å². The average Bonchev–Trinajstić information content (AvgIpc) is 3.36. The number of benzene rings is 2. The summed E-state index contributed by atoms with van der Waals surface area (Å²) in [7, 11) is 0. The number of nitrogens with one attached hydrogen (secondary N) is 1. The van der Waals surface area contributed by atoms with Crippen LogP contribution in [0.2, 0.25) is 0 Å². The van der Waals surface area contributed by atoms with Gasteiger partial charge in [0.25, 0.3) is 0 Å². The van der Waals surface area contributed by atoms with Crippen molar-refractivity contribution < 1.29 is 9.21 Å². The van der Waals surface area contributed by atoms with Crippen molar-refractivity contribution in [2.24, 2.45) is 0 Å². The van der Waals surface area contributed by atoms with E-state index in [2.05, 4.69) is 15.4 Å². The molecule has 2 aromatic carbocycles. The Morgan fingerprint density at radius 1 is 1.03 bits per heavy atom. The Labute approximate surface area is 169 Å². The maximum atomic E-state index is 12.3. The Morgan fingerprint density at radius 2 is 1.76 bits per heavy atom. The van der Waals surface area contributed by atoms with Crippen LogP contribution < -0.4 is 5.32 Å². The monoisotopic (exact) mass is 386 g/mol. The number of carbonyl (C=O) groups excluding carboxylic acids is 1. The Morgan fingerprint density at radius 3 is 2.52 bits per heavy atom. The van der Waals surface area contributed by atoms with E-state index in [1.165, 1.54) is 0 Å². The molecule has 1 N–H and O–H groups in total. The molecule has 146 valence electrons. The number of carbonyl (C=O) groups is 1. The molecular formula is C23H22N4O2. The van der Waals surface area contributed by atoms with Gasteiger partial charge in [-0.05, 0) is 37.3 Å². The Balaban J connectivity index is 1.30. The van der Waals surface area contributed by atoms with Crippen LogP contribution in [0.25, 0.3) is 17.1 Å². The molecule has 2 aromatic heterocycles. The summed E-state index contributed by atoms with van der Waals surface area (Å²) in [6.45, 7) is 2.35. The number of nitrogens with zero attached hydrogens (tertiary/aromatic N) is 3. The third-order valence-corrected chi connectivity index (χ3v) is 4.61. The molecule has 4 rings (SSSR count). The van der Waals surface area contributed by atoms with Crippen LogP contribution in [0, 0.1) is 6.92 Å². The van der Waals surface area contributed by atoms with Gasteiger partial charge in [-0.1, -0.05) is 36.4 Å². The number of aromatic nitrogens is 3. The van der Waals surface area contributed by atoms with Crippen LogP contribution in [0.5, 0.6) is 0 Å². The van der Waals surface area contributed by atoms with Gasteiger partial charge in [0.15, 0.2) is 0 Å². The molecule has 0 saturated heterocycles. The lowest BCUT2D eigenvalue weighted by Gasteiger charge is -2.03. The Hall–Kier alpha value is -3.67. The van der Waals surface area contributed by atoms with Crippen molar-refractivity contribution in [1.29, 1.82) is 0 Å². The van der Waals surface area contributed by atoms with Gasteiger partial charge in [0.05, 0.1) is 23.5 Å². The third-order valence-electron chi connectivity index (χ3n) is 4.61. The zero-order valence-electron chi connectivity index (χ0n) is 16.2. The second-order valence-corrected chi connectivity index (χ2v) is 6.75. The van der Waals surface area contributed by atoms with Gasteiger partial charge in [-0.15, -0.1) is 0 Å². The molecule has 0 spiro atoms. The second-order valence-electron chi connectivity index (χ2n) is 6.75. The summed E-state index contributed by atoms with van der Waals surface area (Å²) in [6.07, 6.45) is 2.79. The van der Waals surface area contributed by atoms with E-state index in [-0.39, 0.29) is 12.3 Å². The molecule has 0 bridgehead atoms. The molecular weight excluding hydrogens is 364 g/mol. The number of hydrogen-bond donors (Lipinski definition) is 1. The quantitative estimate of drug-likeness (QED) is 0.525. The zero-order chi connectivity index (χ0) is 20.1. The van der Waals surface area contributed by atoms with Gasteiger partial charge in [-0.25, -0.2) is 9.67 Å². The second kappa shape index (κ2) is 8.56. The van der Waals surface area contributed by atoms with E-state index in [0.29, 0.717) is 30.3 Å². The fourth-order valence-electron chi connectivity index (χ4n) is 3.06. The molecule has 0 unspecified atom stereocenters. The van der Waals surface area contributed by atoms with E-state index in [1.54, 1.807) is 0 Å². The first kappa shape index (κ1) is 18.7. The van der Waals surface area contributed by atoms with Crippen LogP contribution in [0.1, 0.15) is 17.1 Å². The van der Waals surface area contributed by atoms with E-state index < -0.39 is 0 Å². The number of amides is 1. The van der Waals surface area contributed by atoms with Crippen molar-refractivity contribution in [3.63, 3.8) is 0 Å². The molecule has 0 aliphatic rings. The minimum absolute atomic E-state index is 0.0801. The molecule has 0 aliphatic carbocycles. The van der Waals surface area contributed by atoms with Crippen molar-refractivity contribution in [2.45, 2.75) is 19.8 Å². The molecule has 0 aliphatic heterocycles. The highest BCUT2D eigenvalue weighted by Crippen LogP contribution is 2.21. The highest BCUT2D eigenvalue weighted by molar-refractivity contribution is 5.78. The van der Waals surface area contributed by atoms with Crippen LogP contribution in [0.4, 0.5) is 0 Å². The lowest BCUT2D eigenvalue weighted by molar-refractivity contribution is -0.120. The first-order chi connectivity index (χ1) is 14.2. The summed E-state index contributed by atoms with van der Waals surface area (Å²) in [4.78, 5) is 16.8. The lowest BCUT2D eigenvalue weighted by Crippen LogP contribution is -2.27. The van der Waals surface area contributed by atoms with Crippen molar-refractivity contribution in [3.05, 3.63) is 90.1 Å². The van der Waals surface area contributed by atoms with Crippen LogP contribution in [-0.2, 0) is 17.6 Å². The summed E-state index contributed by atoms with van der Waals surface area (Å²) < 4.78 is 7.55. The van der Waals surface area contributed by atoms with E-state index in [9.17, 15) is 4.79 Å². The first-order valence-electron chi connectivity index (χ1n) is 9.57. The molecule has 1 amide bonds. The van der Waals surface area contributed by atoms with Gasteiger partial charge in [0, 0.05) is 24.7 Å². The molecule has 0 saturated carbocycles. The summed E-state index contributed by atoms with van der Waals surface area (Å²) in [6, 6.07) is 21.6. The number of oxazole rings is 1. The van der Waals surface area contributed by atoms with Gasteiger partial charge in [0.2, 0.25) is 11.8 Å². The van der Waals surface area contributed by atoms with E-state index >= 15 is 0 Å². The summed E-state index contributed by atoms with van der Waals surface area (Å²) in [5.74, 6) is 1.13. The molecule has 0 fully saturated rings. The molecule has 4 aromatic rings. The minimum Gasteiger partial charge on any atom is -0.441 e. The fraction of sp³-hybridized carbons (Fsp3) is 0.174. The molecule has 2 heterocycles. The largest absolute Gasteiger partial charge is 0.441 e. The molecule has 29 heavy (non-hydrogen) atoms. The van der Waals surface area contributed by atoms with Gasteiger partial charge in [-0.2, -0.15) is 5.10 Å². The highest BCUT2D eigenvalue weighted by Gasteiger charge is 2.14. The normalized spacial score (nSPS) is 10.8. The number of aryl methyl sites for hydroxylation is 1. The number of para-hydroxylation sites is 1. The average molecular weight is 386 g/mol. The summed E-state index contributed by atoms with van der Waals surface area (Å²) in [5.41, 5.74) is 3.50. The van der Waals surface area contributed by atoms with Gasteiger partial charge in [0.1, 0.15) is 5.76 Å². The topological polar surface area (TPSA) is 73.0 Å². The van der Waals surface area contributed by atoms with Crippen LogP contribution in [0.3, 0.4) is 0 Å². The van der Waals surface area contributed by atoms with Gasteiger partial charge >= 0.3 is 0 Å². The smallest absolute Gasteiger partial charge is 0.226 e. The zero-order valence-corrected chi connectivity index (χ0v) is 16.2. The van der Waals surface area contributed by atoms with Crippen LogP contribution >= 0.6 is 0 Å². The van der Waals surface area contributed by atoms with Crippen molar-refractivity contribution in [1.82, 2.24) is 20.1 Å². The predicted molar refractivity (Wildman–Crippen MR) is 111 cm³/mol. The standard InChI is InChI=1S/C23H22N4O2/c1-17-21(25-23(29-17)18-8-4-2-5-9-18)16-22(28)24-14-12-19-13-15-27(26-19)20-10-6-3-7-11-20/h2-11,13,15H,12,14,16H2,1H3,(H,24,28). The summed E-state index contributed by atoms with van der Waals surface area (Å²) >= 11 is 0. The van der Waals surface area contributed by atoms with E-state index in [4.69, 9.17) is 4.42 Å². The van der Waals surface area contributed by atoms with Crippen molar-refractivity contribution in [3.8, 4) is 17.1 Å². The fourth-order valence-corrected chi connectivity index (χ4v) is 3.06. The van der Waals surface area contributed by atoms with Gasteiger partial charge < -0.3 is 9.73 Å². The van der Waals surface area contributed by atoms with E-state index in [1.807, 2.05) is 84.5 Å². The third kappa shape index (κ3) is 4.60.